The van der Waals surface area contributed by atoms with Gasteiger partial charge in [-0.15, -0.1) is 0 Å². The quantitative estimate of drug-likeness (QED) is 0.418. The first kappa shape index (κ1) is 12.9. The van der Waals surface area contributed by atoms with Crippen molar-refractivity contribution in [2.75, 3.05) is 0 Å². The number of primary amides is 1. The molecule has 1 aromatic rings. The summed E-state index contributed by atoms with van der Waals surface area (Å²) in [6.07, 6.45) is 0. The summed E-state index contributed by atoms with van der Waals surface area (Å²) in [6.45, 7) is 0. The molecule has 0 heterocycles. The Morgan fingerprint density at radius 3 is 2.38 bits per heavy atom. The summed E-state index contributed by atoms with van der Waals surface area (Å²) in [5, 5.41) is 2.69. The first-order valence-electron chi connectivity index (χ1n) is 3.96. The number of nitrogens with zero attached hydrogens (tertiary/aromatic N) is 1. The summed E-state index contributed by atoms with van der Waals surface area (Å²) >= 11 is 17.4. The summed E-state index contributed by atoms with van der Waals surface area (Å²) in [4.78, 5) is 14.3. The number of hydrogen-bond donors (Lipinski definition) is 3. The van der Waals surface area contributed by atoms with Crippen molar-refractivity contribution >= 4 is 52.5 Å². The van der Waals surface area contributed by atoms with Gasteiger partial charge in [0.2, 0.25) is 5.96 Å². The Bertz CT molecular complexity index is 461. The number of urea groups is 1. The number of nitrogens with one attached hydrogen (secondary N) is 1. The molecule has 0 atom stereocenters. The van der Waals surface area contributed by atoms with E-state index in [-0.39, 0.29) is 21.7 Å². The van der Waals surface area contributed by atoms with Gasteiger partial charge in [-0.25, -0.2) is 9.79 Å². The second-order valence-electron chi connectivity index (χ2n) is 2.68. The first-order valence-corrected chi connectivity index (χ1v) is 5.09. The Hall–Kier alpha value is -1.17. The van der Waals surface area contributed by atoms with Crippen LogP contribution in [0.2, 0.25) is 15.1 Å². The standard InChI is InChI=1S/C8H7Cl3N4O/c9-3-1-2-4(6(11)5(3)10)14-7(12)15-8(13)16/h1-2H,(H5,12,13,14,15,16). The number of aliphatic imine (C=N–C) groups is 1. The highest BCUT2D eigenvalue weighted by molar-refractivity contribution is 6.49. The van der Waals surface area contributed by atoms with E-state index in [1.807, 2.05) is 0 Å². The Balaban J connectivity index is 3.06. The van der Waals surface area contributed by atoms with Crippen LogP contribution in [-0.2, 0) is 0 Å². The van der Waals surface area contributed by atoms with Crippen molar-refractivity contribution in [1.82, 2.24) is 5.32 Å². The molecule has 0 unspecified atom stereocenters. The van der Waals surface area contributed by atoms with Crippen molar-refractivity contribution in [3.8, 4) is 0 Å². The van der Waals surface area contributed by atoms with E-state index in [2.05, 4.69) is 10.3 Å². The summed E-state index contributed by atoms with van der Waals surface area (Å²) in [5.74, 6) is -0.187. The number of nitrogens with two attached hydrogens (primary N) is 2. The van der Waals surface area contributed by atoms with Crippen LogP contribution in [0.25, 0.3) is 0 Å². The van der Waals surface area contributed by atoms with Crippen LogP contribution >= 0.6 is 34.8 Å². The number of hydrogen-bond acceptors (Lipinski definition) is 2. The smallest absolute Gasteiger partial charge is 0.318 e. The van der Waals surface area contributed by atoms with Gasteiger partial charge in [0.15, 0.2) is 0 Å². The lowest BCUT2D eigenvalue weighted by Crippen LogP contribution is -2.39. The van der Waals surface area contributed by atoms with Gasteiger partial charge in [0, 0.05) is 0 Å². The van der Waals surface area contributed by atoms with Gasteiger partial charge in [-0.05, 0) is 12.1 Å². The molecule has 0 radical (unpaired) electrons. The van der Waals surface area contributed by atoms with E-state index in [0.717, 1.165) is 0 Å². The van der Waals surface area contributed by atoms with Crippen molar-refractivity contribution in [2.24, 2.45) is 16.5 Å². The SMILES string of the molecule is NC(=O)NC(N)=Nc1ccc(Cl)c(Cl)c1Cl. The number of benzene rings is 1. The van der Waals surface area contributed by atoms with Crippen LogP contribution < -0.4 is 16.8 Å². The van der Waals surface area contributed by atoms with E-state index >= 15 is 0 Å². The van der Waals surface area contributed by atoms with Crippen LogP contribution in [0.15, 0.2) is 17.1 Å². The van der Waals surface area contributed by atoms with E-state index in [0.29, 0.717) is 5.02 Å². The number of rotatable bonds is 1. The van der Waals surface area contributed by atoms with Gasteiger partial charge in [0.25, 0.3) is 0 Å². The fraction of sp³-hybridized carbons (Fsp3) is 0. The molecule has 2 amide bonds. The maximum absolute atomic E-state index is 10.5. The molecule has 0 aliphatic heterocycles. The zero-order valence-corrected chi connectivity index (χ0v) is 10.1. The second kappa shape index (κ2) is 5.25. The predicted octanol–water partition coefficient (Wildman–Crippen LogP) is 2.26. The Kier molecular flexibility index (Phi) is 4.23. The molecule has 5 nitrogen and oxygen atoms in total. The van der Waals surface area contributed by atoms with E-state index in [9.17, 15) is 4.79 Å². The molecule has 16 heavy (non-hydrogen) atoms. The van der Waals surface area contributed by atoms with Crippen LogP contribution in [0.3, 0.4) is 0 Å². The highest BCUT2D eigenvalue weighted by Gasteiger charge is 2.08. The minimum absolute atomic E-state index is 0.142. The van der Waals surface area contributed by atoms with E-state index in [4.69, 9.17) is 46.3 Å². The lowest BCUT2D eigenvalue weighted by molar-refractivity contribution is 0.253. The Labute approximate surface area is 106 Å². The molecule has 0 bridgehead atoms. The largest absolute Gasteiger partial charge is 0.369 e. The minimum Gasteiger partial charge on any atom is -0.369 e. The molecule has 0 aliphatic rings. The summed E-state index contributed by atoms with van der Waals surface area (Å²) in [6, 6.07) is 2.19. The normalized spacial score (nSPS) is 11.3. The van der Waals surface area contributed by atoms with E-state index in [1.54, 1.807) is 0 Å². The molecular weight excluding hydrogens is 274 g/mol. The van der Waals surface area contributed by atoms with Gasteiger partial charge < -0.3 is 11.5 Å². The van der Waals surface area contributed by atoms with Crippen molar-refractivity contribution in [3.05, 3.63) is 27.2 Å². The minimum atomic E-state index is -0.822. The third-order valence-corrected chi connectivity index (χ3v) is 2.79. The Morgan fingerprint density at radius 2 is 1.81 bits per heavy atom. The van der Waals surface area contributed by atoms with Gasteiger partial charge in [-0.2, -0.15) is 0 Å². The zero-order chi connectivity index (χ0) is 12.3. The number of halogens is 3. The molecule has 0 aromatic heterocycles. The first-order chi connectivity index (χ1) is 7.41. The summed E-state index contributed by atoms with van der Waals surface area (Å²) < 4.78 is 0. The van der Waals surface area contributed by atoms with Crippen LogP contribution in [0.1, 0.15) is 0 Å². The molecule has 0 saturated heterocycles. The molecule has 86 valence electrons. The maximum Gasteiger partial charge on any atom is 0.318 e. The molecule has 1 rings (SSSR count). The molecule has 8 heteroatoms. The van der Waals surface area contributed by atoms with E-state index < -0.39 is 6.03 Å². The highest BCUT2D eigenvalue weighted by Crippen LogP contribution is 2.36. The van der Waals surface area contributed by atoms with Gasteiger partial charge in [-0.1, -0.05) is 34.8 Å². The number of guanidine groups is 1. The molecule has 0 fully saturated rings. The van der Waals surface area contributed by atoms with Gasteiger partial charge in [-0.3, -0.25) is 5.32 Å². The van der Waals surface area contributed by atoms with Gasteiger partial charge in [0.1, 0.15) is 0 Å². The highest BCUT2D eigenvalue weighted by atomic mass is 35.5. The topological polar surface area (TPSA) is 93.5 Å². The number of carbonyl (C=O) groups is 1. The average Bonchev–Trinajstić information content (AvgIpc) is 2.18. The van der Waals surface area contributed by atoms with Crippen LogP contribution in [0.4, 0.5) is 10.5 Å². The maximum atomic E-state index is 10.5. The summed E-state index contributed by atoms with van der Waals surface area (Å²) in [5.41, 5.74) is 10.5. The third-order valence-electron chi connectivity index (χ3n) is 1.51. The molecule has 0 saturated carbocycles. The zero-order valence-electron chi connectivity index (χ0n) is 7.80. The lowest BCUT2D eigenvalue weighted by Gasteiger charge is -2.04. The molecule has 0 spiro atoms. The molecule has 0 aliphatic carbocycles. The van der Waals surface area contributed by atoms with Crippen molar-refractivity contribution in [1.29, 1.82) is 0 Å². The van der Waals surface area contributed by atoms with Gasteiger partial charge in [0.05, 0.1) is 20.8 Å². The van der Waals surface area contributed by atoms with Crippen LogP contribution in [0, 0.1) is 0 Å². The van der Waals surface area contributed by atoms with Crippen molar-refractivity contribution in [2.45, 2.75) is 0 Å². The van der Waals surface area contributed by atoms with Gasteiger partial charge >= 0.3 is 6.03 Å². The van der Waals surface area contributed by atoms with Crippen molar-refractivity contribution < 1.29 is 4.79 Å². The van der Waals surface area contributed by atoms with Crippen molar-refractivity contribution in [3.63, 3.8) is 0 Å². The number of carbonyl (C=O) groups excluding carboxylic acids is 1. The molecular formula is C8H7Cl3N4O. The Morgan fingerprint density at radius 1 is 1.19 bits per heavy atom. The lowest BCUT2D eigenvalue weighted by atomic mass is 10.3. The average molecular weight is 282 g/mol. The van der Waals surface area contributed by atoms with E-state index in [1.165, 1.54) is 12.1 Å². The predicted molar refractivity (Wildman–Crippen MR) is 65.5 cm³/mol. The number of amides is 2. The molecule has 5 N–H and O–H groups in total. The fourth-order valence-electron chi connectivity index (χ4n) is 0.886. The third kappa shape index (κ3) is 3.16. The summed E-state index contributed by atoms with van der Waals surface area (Å²) in [7, 11) is 0. The fourth-order valence-corrected chi connectivity index (χ4v) is 1.46. The van der Waals surface area contributed by atoms with Crippen LogP contribution in [0.5, 0.6) is 0 Å². The monoisotopic (exact) mass is 280 g/mol. The molecule has 1 aromatic carbocycles. The van der Waals surface area contributed by atoms with Crippen LogP contribution in [-0.4, -0.2) is 12.0 Å². The second-order valence-corrected chi connectivity index (χ2v) is 3.84.